The Morgan fingerprint density at radius 1 is 1.11 bits per heavy atom. The second kappa shape index (κ2) is 8.71. The highest BCUT2D eigenvalue weighted by Crippen LogP contribution is 2.27. The largest absolute Gasteiger partial charge is 0.379 e. The van der Waals surface area contributed by atoms with Crippen LogP contribution in [0.3, 0.4) is 0 Å². The van der Waals surface area contributed by atoms with Crippen molar-refractivity contribution < 1.29 is 4.74 Å². The number of aromatic nitrogens is 4. The van der Waals surface area contributed by atoms with Gasteiger partial charge in [-0.3, -0.25) is 9.58 Å². The van der Waals surface area contributed by atoms with E-state index in [4.69, 9.17) is 4.74 Å². The van der Waals surface area contributed by atoms with E-state index in [1.807, 2.05) is 24.8 Å². The van der Waals surface area contributed by atoms with Crippen LogP contribution in [-0.4, -0.2) is 57.1 Å². The number of ether oxygens (including phenoxy) is 1. The van der Waals surface area contributed by atoms with E-state index in [-0.39, 0.29) is 0 Å². The van der Waals surface area contributed by atoms with Gasteiger partial charge in [-0.1, -0.05) is 37.3 Å². The molecule has 0 unspecified atom stereocenters. The summed E-state index contributed by atoms with van der Waals surface area (Å²) in [6.45, 7) is 9.89. The molecule has 1 aromatic carbocycles. The number of nitrogens with zero attached hydrogens (tertiary/aromatic N) is 5. The van der Waals surface area contributed by atoms with Gasteiger partial charge in [-0.15, -0.1) is 0 Å². The molecule has 6 heteroatoms. The number of rotatable bonds is 7. The Hall–Kier alpha value is -2.44. The SMILES string of the molecule is CC[C@@H](CN1CCOCC1)n1cncc1-c1cnn(Cc2ccccc2)c1C. The van der Waals surface area contributed by atoms with Gasteiger partial charge in [-0.05, 0) is 18.9 Å². The Morgan fingerprint density at radius 2 is 1.89 bits per heavy atom. The van der Waals surface area contributed by atoms with Gasteiger partial charge in [0.15, 0.2) is 0 Å². The van der Waals surface area contributed by atoms with Crippen LogP contribution in [-0.2, 0) is 11.3 Å². The van der Waals surface area contributed by atoms with Gasteiger partial charge in [0.1, 0.15) is 0 Å². The third kappa shape index (κ3) is 4.03. The molecular weight excluding hydrogens is 350 g/mol. The molecule has 1 aliphatic heterocycles. The summed E-state index contributed by atoms with van der Waals surface area (Å²) in [5.74, 6) is 0. The molecular formula is C22H29N5O. The Kier molecular flexibility index (Phi) is 5.88. The minimum Gasteiger partial charge on any atom is -0.379 e. The van der Waals surface area contributed by atoms with Crippen molar-refractivity contribution in [2.24, 2.45) is 0 Å². The van der Waals surface area contributed by atoms with Crippen LogP contribution in [0.1, 0.15) is 30.6 Å². The van der Waals surface area contributed by atoms with Crippen molar-refractivity contribution in [2.45, 2.75) is 32.9 Å². The monoisotopic (exact) mass is 379 g/mol. The summed E-state index contributed by atoms with van der Waals surface area (Å²) in [5, 5.41) is 4.66. The van der Waals surface area contributed by atoms with Crippen LogP contribution >= 0.6 is 0 Å². The second-order valence-electron chi connectivity index (χ2n) is 7.45. The van der Waals surface area contributed by atoms with Gasteiger partial charge < -0.3 is 9.30 Å². The van der Waals surface area contributed by atoms with Crippen molar-refractivity contribution in [3.05, 3.63) is 60.3 Å². The smallest absolute Gasteiger partial charge is 0.0954 e. The average molecular weight is 380 g/mol. The van der Waals surface area contributed by atoms with Crippen molar-refractivity contribution in [1.29, 1.82) is 0 Å². The molecule has 4 rings (SSSR count). The predicted molar refractivity (Wildman–Crippen MR) is 110 cm³/mol. The average Bonchev–Trinajstić information content (AvgIpc) is 3.35. The van der Waals surface area contributed by atoms with Crippen LogP contribution in [0.15, 0.2) is 49.1 Å². The molecule has 3 heterocycles. The molecule has 1 fully saturated rings. The first-order chi connectivity index (χ1) is 13.8. The second-order valence-corrected chi connectivity index (χ2v) is 7.45. The summed E-state index contributed by atoms with van der Waals surface area (Å²) in [5.41, 5.74) is 4.74. The first-order valence-corrected chi connectivity index (χ1v) is 10.1. The summed E-state index contributed by atoms with van der Waals surface area (Å²) < 4.78 is 9.89. The van der Waals surface area contributed by atoms with E-state index in [1.165, 1.54) is 11.3 Å². The maximum atomic E-state index is 5.49. The molecule has 2 aromatic heterocycles. The molecule has 0 aliphatic carbocycles. The van der Waals surface area contributed by atoms with E-state index < -0.39 is 0 Å². The van der Waals surface area contributed by atoms with E-state index in [0.717, 1.165) is 57.1 Å². The molecule has 0 amide bonds. The van der Waals surface area contributed by atoms with Gasteiger partial charge in [-0.2, -0.15) is 5.10 Å². The fraction of sp³-hybridized carbons (Fsp3) is 0.455. The minimum atomic E-state index is 0.396. The molecule has 28 heavy (non-hydrogen) atoms. The summed E-state index contributed by atoms with van der Waals surface area (Å²) in [6, 6.07) is 10.9. The lowest BCUT2D eigenvalue weighted by Gasteiger charge is -2.31. The molecule has 3 aromatic rings. The van der Waals surface area contributed by atoms with Crippen molar-refractivity contribution in [3.63, 3.8) is 0 Å². The molecule has 148 valence electrons. The fourth-order valence-electron chi connectivity index (χ4n) is 3.91. The zero-order valence-electron chi connectivity index (χ0n) is 16.8. The molecule has 0 radical (unpaired) electrons. The summed E-state index contributed by atoms with van der Waals surface area (Å²) in [6.07, 6.45) is 6.99. The van der Waals surface area contributed by atoms with Crippen molar-refractivity contribution in [3.8, 4) is 11.3 Å². The maximum Gasteiger partial charge on any atom is 0.0954 e. The first kappa shape index (κ1) is 18.9. The van der Waals surface area contributed by atoms with Gasteiger partial charge in [0.2, 0.25) is 0 Å². The highest BCUT2D eigenvalue weighted by Gasteiger charge is 2.21. The molecule has 1 aliphatic rings. The maximum absolute atomic E-state index is 5.49. The molecule has 0 N–H and O–H groups in total. The molecule has 0 spiro atoms. The van der Waals surface area contributed by atoms with Gasteiger partial charge in [0.25, 0.3) is 0 Å². The van der Waals surface area contributed by atoms with Gasteiger partial charge in [0.05, 0.1) is 44.2 Å². The zero-order valence-corrected chi connectivity index (χ0v) is 16.8. The normalized spacial score (nSPS) is 16.4. The van der Waals surface area contributed by atoms with Crippen molar-refractivity contribution >= 4 is 0 Å². The first-order valence-electron chi connectivity index (χ1n) is 10.1. The van der Waals surface area contributed by atoms with Crippen LogP contribution in [0.5, 0.6) is 0 Å². The molecule has 0 bridgehead atoms. The number of hydrogen-bond acceptors (Lipinski definition) is 4. The van der Waals surface area contributed by atoms with Crippen LogP contribution in [0, 0.1) is 6.92 Å². The van der Waals surface area contributed by atoms with E-state index in [0.29, 0.717) is 6.04 Å². The Morgan fingerprint density at radius 3 is 2.64 bits per heavy atom. The lowest BCUT2D eigenvalue weighted by Crippen LogP contribution is -2.39. The van der Waals surface area contributed by atoms with Crippen molar-refractivity contribution in [1.82, 2.24) is 24.2 Å². The lowest BCUT2D eigenvalue weighted by atomic mass is 10.1. The topological polar surface area (TPSA) is 48.1 Å². The standard InChI is InChI=1S/C22H29N5O/c1-3-20(16-25-9-11-28-12-10-25)26-17-23-14-22(26)21-13-24-27(18(21)2)15-19-7-5-4-6-8-19/h4-8,13-14,17,20H,3,9-12,15-16H2,1-2H3/t20-/m0/s1. The van der Waals surface area contributed by atoms with E-state index in [2.05, 4.69) is 62.3 Å². The number of hydrogen-bond donors (Lipinski definition) is 0. The molecule has 1 saturated heterocycles. The lowest BCUT2D eigenvalue weighted by molar-refractivity contribution is 0.0313. The van der Waals surface area contributed by atoms with E-state index in [9.17, 15) is 0 Å². The fourth-order valence-corrected chi connectivity index (χ4v) is 3.91. The van der Waals surface area contributed by atoms with E-state index in [1.54, 1.807) is 0 Å². The van der Waals surface area contributed by atoms with E-state index >= 15 is 0 Å². The summed E-state index contributed by atoms with van der Waals surface area (Å²) in [7, 11) is 0. The predicted octanol–water partition coefficient (Wildman–Crippen LogP) is 3.39. The number of morpholine rings is 1. The number of imidazole rings is 1. The zero-order chi connectivity index (χ0) is 19.3. The third-order valence-electron chi connectivity index (χ3n) is 5.66. The van der Waals surface area contributed by atoms with Gasteiger partial charge in [-0.25, -0.2) is 4.98 Å². The van der Waals surface area contributed by atoms with Crippen LogP contribution in [0.4, 0.5) is 0 Å². The minimum absolute atomic E-state index is 0.396. The Bertz CT molecular complexity index is 879. The number of benzene rings is 1. The van der Waals surface area contributed by atoms with Gasteiger partial charge >= 0.3 is 0 Å². The molecule has 1 atom stereocenters. The van der Waals surface area contributed by atoms with Crippen LogP contribution in [0.25, 0.3) is 11.3 Å². The van der Waals surface area contributed by atoms with Crippen LogP contribution in [0.2, 0.25) is 0 Å². The highest BCUT2D eigenvalue weighted by atomic mass is 16.5. The summed E-state index contributed by atoms with van der Waals surface area (Å²) in [4.78, 5) is 6.97. The molecule has 6 nitrogen and oxygen atoms in total. The Balaban J connectivity index is 1.56. The third-order valence-corrected chi connectivity index (χ3v) is 5.66. The van der Waals surface area contributed by atoms with Crippen LogP contribution < -0.4 is 0 Å². The summed E-state index contributed by atoms with van der Waals surface area (Å²) >= 11 is 0. The van der Waals surface area contributed by atoms with Gasteiger partial charge in [0, 0.05) is 36.9 Å². The van der Waals surface area contributed by atoms with Crippen molar-refractivity contribution in [2.75, 3.05) is 32.8 Å². The Labute approximate surface area is 166 Å². The quantitative estimate of drug-likeness (QED) is 0.631. The highest BCUT2D eigenvalue weighted by molar-refractivity contribution is 5.61. The molecule has 0 saturated carbocycles.